The minimum atomic E-state index is -0.110. The maximum atomic E-state index is 12.4. The van der Waals surface area contributed by atoms with Crippen molar-refractivity contribution in [2.75, 3.05) is 6.54 Å². The van der Waals surface area contributed by atoms with Gasteiger partial charge in [-0.25, -0.2) is 0 Å². The van der Waals surface area contributed by atoms with Crippen LogP contribution in [0.25, 0.3) is 0 Å². The van der Waals surface area contributed by atoms with Crippen molar-refractivity contribution in [3.8, 4) is 6.07 Å². The molecule has 3 rings (SSSR count). The number of aromatic amines is 1. The normalized spacial score (nSPS) is 14.5. The number of nitriles is 1. The Hall–Kier alpha value is -2.38. The van der Waals surface area contributed by atoms with Crippen LogP contribution >= 0.6 is 0 Å². The van der Waals surface area contributed by atoms with Crippen molar-refractivity contribution in [3.63, 3.8) is 0 Å². The van der Waals surface area contributed by atoms with E-state index in [9.17, 15) is 4.79 Å². The van der Waals surface area contributed by atoms with Gasteiger partial charge in [0.05, 0.1) is 0 Å². The molecule has 0 aliphatic carbocycles. The Bertz CT molecular complexity index is 756. The molecule has 21 heavy (non-hydrogen) atoms. The van der Waals surface area contributed by atoms with Crippen molar-refractivity contribution in [2.45, 2.75) is 26.4 Å². The van der Waals surface area contributed by atoms with E-state index < -0.39 is 0 Å². The van der Waals surface area contributed by atoms with Crippen molar-refractivity contribution in [2.24, 2.45) is 0 Å². The van der Waals surface area contributed by atoms with Gasteiger partial charge in [-0.1, -0.05) is 30.3 Å². The molecule has 1 N–H and O–H groups in total. The molecule has 0 fully saturated rings. The summed E-state index contributed by atoms with van der Waals surface area (Å²) in [5, 5.41) is 9.12. The average Bonchev–Trinajstić information content (AvgIpc) is 2.49. The molecule has 0 amide bonds. The molecule has 1 aliphatic heterocycles. The van der Waals surface area contributed by atoms with Crippen LogP contribution in [0.15, 0.2) is 35.1 Å². The van der Waals surface area contributed by atoms with Crippen molar-refractivity contribution in [1.82, 2.24) is 9.88 Å². The van der Waals surface area contributed by atoms with Gasteiger partial charge in [-0.3, -0.25) is 9.69 Å². The summed E-state index contributed by atoms with van der Waals surface area (Å²) in [6, 6.07) is 12.3. The molecule has 1 aromatic carbocycles. The summed E-state index contributed by atoms with van der Waals surface area (Å²) < 4.78 is 0. The summed E-state index contributed by atoms with van der Waals surface area (Å²) in [6.45, 7) is 4.14. The molecule has 0 saturated heterocycles. The van der Waals surface area contributed by atoms with Gasteiger partial charge in [0.25, 0.3) is 0 Å². The van der Waals surface area contributed by atoms with Gasteiger partial charge >= 0.3 is 0 Å². The van der Waals surface area contributed by atoms with Crippen molar-refractivity contribution in [1.29, 1.82) is 5.26 Å². The molecule has 1 aromatic heterocycles. The Balaban J connectivity index is 1.89. The first-order valence-corrected chi connectivity index (χ1v) is 7.10. The summed E-state index contributed by atoms with van der Waals surface area (Å²) in [4.78, 5) is 17.9. The van der Waals surface area contributed by atoms with Gasteiger partial charge in [0, 0.05) is 43.0 Å². The van der Waals surface area contributed by atoms with E-state index >= 15 is 0 Å². The van der Waals surface area contributed by atoms with Crippen LogP contribution in [0.5, 0.6) is 0 Å². The van der Waals surface area contributed by atoms with Crippen LogP contribution < -0.4 is 5.43 Å². The first-order valence-electron chi connectivity index (χ1n) is 7.10. The quantitative estimate of drug-likeness (QED) is 0.916. The predicted molar refractivity (Wildman–Crippen MR) is 80.8 cm³/mol. The third-order valence-corrected chi connectivity index (χ3v) is 4.00. The lowest BCUT2D eigenvalue weighted by atomic mass is 10.0. The number of aryl methyl sites for hydroxylation is 1. The highest BCUT2D eigenvalue weighted by atomic mass is 16.1. The zero-order valence-corrected chi connectivity index (χ0v) is 12.0. The standard InChI is InChI=1S/C17H17N3O/c1-12-14(9-18)17(21)15-11-20(8-7-16(15)19-12)10-13-5-3-2-4-6-13/h2-6H,7-8,10-11H2,1H3,(H,19,21). The van der Waals surface area contributed by atoms with Crippen LogP contribution in [0.2, 0.25) is 0 Å². The molecule has 1 aliphatic rings. The van der Waals surface area contributed by atoms with E-state index in [0.717, 1.165) is 30.8 Å². The molecular formula is C17H17N3O. The van der Waals surface area contributed by atoms with Gasteiger partial charge in [0.2, 0.25) is 5.43 Å². The molecule has 106 valence electrons. The van der Waals surface area contributed by atoms with Crippen molar-refractivity contribution in [3.05, 3.63) is 68.6 Å². The summed E-state index contributed by atoms with van der Waals surface area (Å²) >= 11 is 0. The molecule has 4 heteroatoms. The van der Waals surface area contributed by atoms with E-state index in [-0.39, 0.29) is 11.0 Å². The Morgan fingerprint density at radius 1 is 1.33 bits per heavy atom. The number of pyridine rings is 1. The molecule has 0 bridgehead atoms. The monoisotopic (exact) mass is 279 g/mol. The third-order valence-electron chi connectivity index (χ3n) is 4.00. The summed E-state index contributed by atoms with van der Waals surface area (Å²) in [7, 11) is 0. The minimum absolute atomic E-state index is 0.110. The van der Waals surface area contributed by atoms with Crippen molar-refractivity contribution < 1.29 is 0 Å². The number of H-pyrrole nitrogens is 1. The highest BCUT2D eigenvalue weighted by molar-refractivity contribution is 5.39. The van der Waals surface area contributed by atoms with Gasteiger partial charge in [0.1, 0.15) is 11.6 Å². The smallest absolute Gasteiger partial charge is 0.204 e. The fourth-order valence-electron chi connectivity index (χ4n) is 2.89. The zero-order valence-electron chi connectivity index (χ0n) is 12.0. The van der Waals surface area contributed by atoms with Gasteiger partial charge in [-0.05, 0) is 12.5 Å². The Kier molecular flexibility index (Phi) is 3.59. The Morgan fingerprint density at radius 3 is 2.81 bits per heavy atom. The highest BCUT2D eigenvalue weighted by Crippen LogP contribution is 2.18. The highest BCUT2D eigenvalue weighted by Gasteiger charge is 2.22. The predicted octanol–water partition coefficient (Wildman–Crippen LogP) is 2.11. The van der Waals surface area contributed by atoms with Crippen LogP contribution in [-0.2, 0) is 19.5 Å². The molecule has 0 spiro atoms. The minimum Gasteiger partial charge on any atom is -0.361 e. The second kappa shape index (κ2) is 5.55. The van der Waals surface area contributed by atoms with E-state index in [4.69, 9.17) is 5.26 Å². The van der Waals surface area contributed by atoms with Crippen LogP contribution in [0.3, 0.4) is 0 Å². The van der Waals surface area contributed by atoms with Gasteiger partial charge in [-0.2, -0.15) is 5.26 Å². The molecule has 0 saturated carbocycles. The average molecular weight is 279 g/mol. The van der Waals surface area contributed by atoms with Crippen molar-refractivity contribution >= 4 is 0 Å². The van der Waals surface area contributed by atoms with Crippen LogP contribution in [0.1, 0.15) is 28.1 Å². The first-order chi connectivity index (χ1) is 10.2. The third kappa shape index (κ3) is 2.61. The zero-order chi connectivity index (χ0) is 14.8. The van der Waals surface area contributed by atoms with Gasteiger partial charge in [0.15, 0.2) is 0 Å². The number of hydrogen-bond acceptors (Lipinski definition) is 3. The molecular weight excluding hydrogens is 262 g/mol. The fourth-order valence-corrected chi connectivity index (χ4v) is 2.89. The summed E-state index contributed by atoms with van der Waals surface area (Å²) in [6.07, 6.45) is 0.823. The Labute approximate surface area is 123 Å². The largest absolute Gasteiger partial charge is 0.361 e. The maximum absolute atomic E-state index is 12.4. The van der Waals surface area contributed by atoms with Crippen LogP contribution in [0, 0.1) is 18.3 Å². The lowest BCUT2D eigenvalue weighted by molar-refractivity contribution is 0.242. The van der Waals surface area contributed by atoms with E-state index in [1.54, 1.807) is 6.92 Å². The van der Waals surface area contributed by atoms with Crippen LogP contribution in [-0.4, -0.2) is 16.4 Å². The lowest BCUT2D eigenvalue weighted by Crippen LogP contribution is -2.35. The lowest BCUT2D eigenvalue weighted by Gasteiger charge is -2.28. The molecule has 0 unspecified atom stereocenters. The second-order valence-electron chi connectivity index (χ2n) is 5.47. The molecule has 2 heterocycles. The Morgan fingerprint density at radius 2 is 2.10 bits per heavy atom. The molecule has 2 aromatic rings. The number of fused-ring (bicyclic) bond motifs is 1. The number of benzene rings is 1. The topological polar surface area (TPSA) is 59.9 Å². The SMILES string of the molecule is Cc1[nH]c2c(c(=O)c1C#N)CN(Cc1ccccc1)CC2. The number of nitrogens with one attached hydrogen (secondary N) is 1. The van der Waals surface area contributed by atoms with Gasteiger partial charge in [-0.15, -0.1) is 0 Å². The van der Waals surface area contributed by atoms with Gasteiger partial charge < -0.3 is 4.98 Å². The molecule has 0 atom stereocenters. The fraction of sp³-hybridized carbons (Fsp3) is 0.294. The van der Waals surface area contributed by atoms with Crippen LogP contribution in [0.4, 0.5) is 0 Å². The van der Waals surface area contributed by atoms with E-state index in [0.29, 0.717) is 12.2 Å². The summed E-state index contributed by atoms with van der Waals surface area (Å²) in [5.74, 6) is 0. The number of hydrogen-bond donors (Lipinski definition) is 1. The number of nitrogens with zero attached hydrogens (tertiary/aromatic N) is 2. The number of rotatable bonds is 2. The molecule has 0 radical (unpaired) electrons. The van der Waals surface area contributed by atoms with E-state index in [1.807, 2.05) is 24.3 Å². The second-order valence-corrected chi connectivity index (χ2v) is 5.47. The summed E-state index contributed by atoms with van der Waals surface area (Å²) in [5.41, 5.74) is 3.79. The number of aromatic nitrogens is 1. The van der Waals surface area contributed by atoms with E-state index in [1.165, 1.54) is 5.56 Å². The first kappa shape index (κ1) is 13.6. The van der Waals surface area contributed by atoms with E-state index in [2.05, 4.69) is 22.0 Å². The molecule has 4 nitrogen and oxygen atoms in total. The maximum Gasteiger partial charge on any atom is 0.204 e.